The molecule has 2 aromatic carbocycles. The van der Waals surface area contributed by atoms with Crippen molar-refractivity contribution in [1.29, 1.82) is 0 Å². The van der Waals surface area contributed by atoms with Gasteiger partial charge in [-0.3, -0.25) is 4.99 Å². The van der Waals surface area contributed by atoms with Gasteiger partial charge in [-0.15, -0.1) is 0 Å². The van der Waals surface area contributed by atoms with E-state index in [1.54, 1.807) is 6.21 Å². The van der Waals surface area contributed by atoms with Gasteiger partial charge in [0.25, 0.3) is 0 Å². The van der Waals surface area contributed by atoms with Gasteiger partial charge in [0.1, 0.15) is 11.4 Å². The number of hydrogen-bond acceptors (Lipinski definition) is 5. The number of rotatable bonds is 6. The van der Waals surface area contributed by atoms with Crippen molar-refractivity contribution < 1.29 is 13.2 Å². The van der Waals surface area contributed by atoms with Crippen LogP contribution in [0, 0.1) is 0 Å². The van der Waals surface area contributed by atoms with E-state index < -0.39 is 9.84 Å². The molecule has 0 bridgehead atoms. The summed E-state index contributed by atoms with van der Waals surface area (Å²) in [6.45, 7) is 2.57. The summed E-state index contributed by atoms with van der Waals surface area (Å²) in [7, 11) is -2.96. The average molecular weight is 410 g/mol. The third-order valence-electron chi connectivity index (χ3n) is 4.83. The lowest BCUT2D eigenvalue weighted by Gasteiger charge is -2.04. The zero-order chi connectivity index (χ0) is 20.3. The summed E-state index contributed by atoms with van der Waals surface area (Å²) in [4.78, 5) is 4.55. The smallest absolute Gasteiger partial charge is 0.152 e. The lowest BCUT2D eigenvalue weighted by atomic mass is 10.1. The summed E-state index contributed by atoms with van der Waals surface area (Å²) in [5.74, 6) is 1.14. The molecule has 1 fully saturated rings. The summed E-state index contributed by atoms with van der Waals surface area (Å²) >= 11 is 0. The minimum absolute atomic E-state index is 0.120. The van der Waals surface area contributed by atoms with Gasteiger partial charge in [0, 0.05) is 23.5 Å². The highest BCUT2D eigenvalue weighted by Gasteiger charge is 2.27. The zero-order valence-electron chi connectivity index (χ0n) is 16.2. The van der Waals surface area contributed by atoms with Crippen LogP contribution in [0.2, 0.25) is 0 Å². The van der Waals surface area contributed by atoms with Gasteiger partial charge < -0.3 is 4.74 Å². The Morgan fingerprint density at radius 3 is 2.59 bits per heavy atom. The van der Waals surface area contributed by atoms with Crippen molar-refractivity contribution in [2.45, 2.75) is 19.4 Å². The van der Waals surface area contributed by atoms with Crippen molar-refractivity contribution in [3.63, 3.8) is 0 Å². The molecule has 2 heterocycles. The van der Waals surface area contributed by atoms with E-state index in [2.05, 4.69) is 4.99 Å². The number of sulfone groups is 1. The monoisotopic (exact) mass is 409 g/mol. The Labute approximate surface area is 170 Å². The molecule has 3 aromatic rings. The second kappa shape index (κ2) is 8.21. The van der Waals surface area contributed by atoms with Crippen LogP contribution in [-0.2, 0) is 9.84 Å². The molecular weight excluding hydrogens is 386 g/mol. The van der Waals surface area contributed by atoms with Gasteiger partial charge in [-0.2, -0.15) is 5.10 Å². The van der Waals surface area contributed by atoms with Crippen LogP contribution >= 0.6 is 0 Å². The van der Waals surface area contributed by atoms with Gasteiger partial charge in [-0.1, -0.05) is 18.2 Å². The fourth-order valence-electron chi connectivity index (χ4n) is 3.37. The molecule has 1 aliphatic rings. The van der Waals surface area contributed by atoms with Crippen LogP contribution in [0.5, 0.6) is 5.75 Å². The van der Waals surface area contributed by atoms with E-state index in [0.29, 0.717) is 13.0 Å². The van der Waals surface area contributed by atoms with Crippen molar-refractivity contribution in [2.75, 3.05) is 18.1 Å². The molecule has 29 heavy (non-hydrogen) atoms. The third kappa shape index (κ3) is 4.56. The van der Waals surface area contributed by atoms with E-state index in [9.17, 15) is 8.42 Å². The maximum Gasteiger partial charge on any atom is 0.152 e. The summed E-state index contributed by atoms with van der Waals surface area (Å²) < 4.78 is 30.8. The summed E-state index contributed by atoms with van der Waals surface area (Å²) in [6, 6.07) is 17.5. The SMILES string of the molecule is CCOc1ccc(-c2nn(-c3ccccc3)cc2C=NC2CCS(=O)(=O)C2)cc1. The van der Waals surface area contributed by atoms with Crippen molar-refractivity contribution >= 4 is 16.1 Å². The van der Waals surface area contributed by atoms with Crippen LogP contribution in [0.15, 0.2) is 65.8 Å². The minimum Gasteiger partial charge on any atom is -0.494 e. The van der Waals surface area contributed by atoms with Crippen LogP contribution in [-0.4, -0.2) is 48.6 Å². The number of nitrogens with zero attached hydrogens (tertiary/aromatic N) is 3. The van der Waals surface area contributed by atoms with Crippen LogP contribution in [0.1, 0.15) is 18.9 Å². The maximum atomic E-state index is 11.7. The molecule has 1 atom stereocenters. The zero-order valence-corrected chi connectivity index (χ0v) is 17.0. The van der Waals surface area contributed by atoms with Gasteiger partial charge in [-0.05, 0) is 49.7 Å². The lowest BCUT2D eigenvalue weighted by molar-refractivity contribution is 0.340. The normalized spacial score (nSPS) is 18.3. The molecule has 7 heteroatoms. The molecule has 1 aliphatic heterocycles. The molecule has 0 radical (unpaired) electrons. The molecule has 4 rings (SSSR count). The van der Waals surface area contributed by atoms with Gasteiger partial charge in [0.15, 0.2) is 9.84 Å². The van der Waals surface area contributed by atoms with E-state index in [1.807, 2.05) is 72.4 Å². The molecule has 0 N–H and O–H groups in total. The summed E-state index contributed by atoms with van der Waals surface area (Å²) in [6.07, 6.45) is 4.25. The number of hydrogen-bond donors (Lipinski definition) is 0. The standard InChI is InChI=1S/C22H23N3O3S/c1-2-28-21-10-8-17(9-11-21)22-18(14-23-19-12-13-29(26,27)16-19)15-25(24-22)20-6-4-3-5-7-20/h3-11,14-15,19H,2,12-13,16H2,1H3. The van der Waals surface area contributed by atoms with Crippen LogP contribution in [0.3, 0.4) is 0 Å². The Kier molecular flexibility index (Phi) is 5.49. The highest BCUT2D eigenvalue weighted by Crippen LogP contribution is 2.25. The average Bonchev–Trinajstić information content (AvgIpc) is 3.31. The molecular formula is C22H23N3O3S. The highest BCUT2D eigenvalue weighted by molar-refractivity contribution is 7.91. The molecule has 150 valence electrons. The quantitative estimate of drug-likeness (QED) is 0.584. The molecule has 1 unspecified atom stereocenters. The highest BCUT2D eigenvalue weighted by atomic mass is 32.2. The van der Waals surface area contributed by atoms with Gasteiger partial charge in [-0.25, -0.2) is 13.1 Å². The van der Waals surface area contributed by atoms with Crippen LogP contribution < -0.4 is 4.74 Å². The third-order valence-corrected chi connectivity index (χ3v) is 6.59. The molecule has 1 saturated heterocycles. The Morgan fingerprint density at radius 2 is 1.93 bits per heavy atom. The van der Waals surface area contributed by atoms with Crippen molar-refractivity contribution in [1.82, 2.24) is 9.78 Å². The first-order chi connectivity index (χ1) is 14.0. The molecule has 0 aliphatic carbocycles. The predicted molar refractivity (Wildman–Crippen MR) is 115 cm³/mol. The Morgan fingerprint density at radius 1 is 1.17 bits per heavy atom. The second-order valence-electron chi connectivity index (χ2n) is 7.01. The number of ether oxygens (including phenoxy) is 1. The number of benzene rings is 2. The van der Waals surface area contributed by atoms with E-state index in [1.165, 1.54) is 0 Å². The fourth-order valence-corrected chi connectivity index (χ4v) is 5.01. The van der Waals surface area contributed by atoms with E-state index >= 15 is 0 Å². The van der Waals surface area contributed by atoms with E-state index in [0.717, 1.165) is 28.3 Å². The summed E-state index contributed by atoms with van der Waals surface area (Å²) in [5, 5.41) is 4.77. The van der Waals surface area contributed by atoms with Crippen molar-refractivity contribution in [2.24, 2.45) is 4.99 Å². The maximum absolute atomic E-state index is 11.7. The van der Waals surface area contributed by atoms with Crippen molar-refractivity contribution in [3.8, 4) is 22.7 Å². The molecule has 0 saturated carbocycles. The van der Waals surface area contributed by atoms with Gasteiger partial charge in [0.05, 0.1) is 29.8 Å². The Balaban J connectivity index is 1.69. The van der Waals surface area contributed by atoms with E-state index in [-0.39, 0.29) is 17.5 Å². The van der Waals surface area contributed by atoms with Gasteiger partial charge >= 0.3 is 0 Å². The van der Waals surface area contributed by atoms with Crippen LogP contribution in [0.25, 0.3) is 16.9 Å². The Hall–Kier alpha value is -2.93. The van der Waals surface area contributed by atoms with Crippen molar-refractivity contribution in [3.05, 3.63) is 66.4 Å². The second-order valence-corrected chi connectivity index (χ2v) is 9.23. The predicted octanol–water partition coefficient (Wildman–Crippen LogP) is 3.54. The Bertz CT molecular complexity index is 1100. The first-order valence-corrected chi connectivity index (χ1v) is 11.5. The summed E-state index contributed by atoms with van der Waals surface area (Å²) in [5.41, 5.74) is 3.54. The fraction of sp³-hybridized carbons (Fsp3) is 0.273. The minimum atomic E-state index is -2.96. The lowest BCUT2D eigenvalue weighted by Crippen LogP contribution is -2.07. The first kappa shape index (κ1) is 19.4. The number of aromatic nitrogens is 2. The number of aliphatic imine (C=N–C) groups is 1. The van der Waals surface area contributed by atoms with Gasteiger partial charge in [0.2, 0.25) is 0 Å². The topological polar surface area (TPSA) is 73.5 Å². The molecule has 6 nitrogen and oxygen atoms in total. The number of para-hydroxylation sites is 1. The first-order valence-electron chi connectivity index (χ1n) is 9.66. The largest absolute Gasteiger partial charge is 0.494 e. The molecule has 0 spiro atoms. The molecule has 0 amide bonds. The van der Waals surface area contributed by atoms with E-state index in [4.69, 9.17) is 9.84 Å². The molecule has 1 aromatic heterocycles. The van der Waals surface area contributed by atoms with Crippen LogP contribution in [0.4, 0.5) is 0 Å².